The Labute approximate surface area is 128 Å². The maximum absolute atomic E-state index is 12.1. The van der Waals surface area contributed by atoms with Crippen molar-refractivity contribution in [2.45, 2.75) is 6.92 Å². The summed E-state index contributed by atoms with van der Waals surface area (Å²) in [7, 11) is 3.63. The molecule has 21 heavy (non-hydrogen) atoms. The van der Waals surface area contributed by atoms with Gasteiger partial charge in [-0.1, -0.05) is 11.6 Å². The number of hydrogen-bond donors (Lipinski definition) is 1. The van der Waals surface area contributed by atoms with Crippen LogP contribution in [0.2, 0.25) is 5.02 Å². The molecule has 2 rings (SSSR count). The van der Waals surface area contributed by atoms with Gasteiger partial charge in [-0.05, 0) is 31.2 Å². The van der Waals surface area contributed by atoms with E-state index >= 15 is 0 Å². The van der Waals surface area contributed by atoms with E-state index in [-0.39, 0.29) is 5.91 Å². The molecule has 1 amide bonds. The summed E-state index contributed by atoms with van der Waals surface area (Å²) in [5.74, 6) is 0.356. The molecule has 0 saturated heterocycles. The van der Waals surface area contributed by atoms with E-state index in [1.54, 1.807) is 42.4 Å². The molecule has 0 radical (unpaired) electrons. The van der Waals surface area contributed by atoms with Crippen LogP contribution in [0.25, 0.3) is 0 Å². The first-order chi connectivity index (χ1) is 9.97. The summed E-state index contributed by atoms with van der Waals surface area (Å²) in [5, 5.41) is 9.17. The number of hydrazone groups is 1. The molecule has 2 aromatic rings. The van der Waals surface area contributed by atoms with Gasteiger partial charge in [0.15, 0.2) is 0 Å². The first-order valence-electron chi connectivity index (χ1n) is 6.33. The molecule has 0 fully saturated rings. The molecular weight excluding hydrogens is 290 g/mol. The highest BCUT2D eigenvalue weighted by molar-refractivity contribution is 6.33. The molecule has 0 bridgehead atoms. The highest BCUT2D eigenvalue weighted by Gasteiger charge is 2.12. The number of halogens is 1. The zero-order chi connectivity index (χ0) is 15.4. The minimum Gasteiger partial charge on any atom is -0.469 e. The second-order valence-corrected chi connectivity index (χ2v) is 5.08. The van der Waals surface area contributed by atoms with Crippen LogP contribution < -0.4 is 5.32 Å². The monoisotopic (exact) mass is 305 g/mol. The van der Waals surface area contributed by atoms with E-state index in [0.29, 0.717) is 22.0 Å². The van der Waals surface area contributed by atoms with E-state index in [4.69, 9.17) is 16.0 Å². The topological polar surface area (TPSA) is 57.8 Å². The summed E-state index contributed by atoms with van der Waals surface area (Å²) in [4.78, 5) is 12.1. The van der Waals surface area contributed by atoms with Crippen LogP contribution in [0.4, 0.5) is 5.69 Å². The first kappa shape index (κ1) is 15.1. The molecule has 6 heteroatoms. The standard InChI is InChI=1S/C15H16ClN3O2/c1-10-13(6-7-21-10)15(20)18-12-4-5-14(16)11(8-12)9-17-19(2)3/h4-9H,1-3H3,(H,18,20)/b17-9+. The Morgan fingerprint density at radius 3 is 2.76 bits per heavy atom. The summed E-state index contributed by atoms with van der Waals surface area (Å²) in [6.45, 7) is 1.74. The molecule has 5 nitrogen and oxygen atoms in total. The number of anilines is 1. The number of nitrogens with zero attached hydrogens (tertiary/aromatic N) is 2. The highest BCUT2D eigenvalue weighted by Crippen LogP contribution is 2.20. The molecule has 1 aromatic carbocycles. The Morgan fingerprint density at radius 2 is 2.14 bits per heavy atom. The molecule has 0 aliphatic heterocycles. The number of aryl methyl sites for hydroxylation is 1. The van der Waals surface area contributed by atoms with Crippen molar-refractivity contribution in [3.8, 4) is 0 Å². The van der Waals surface area contributed by atoms with Gasteiger partial charge in [0.1, 0.15) is 5.76 Å². The minimum absolute atomic E-state index is 0.223. The van der Waals surface area contributed by atoms with Crippen molar-refractivity contribution in [3.63, 3.8) is 0 Å². The molecule has 0 aliphatic rings. The van der Waals surface area contributed by atoms with Crippen molar-refractivity contribution in [2.75, 3.05) is 19.4 Å². The van der Waals surface area contributed by atoms with Gasteiger partial charge in [0.05, 0.1) is 18.0 Å². The van der Waals surface area contributed by atoms with Gasteiger partial charge < -0.3 is 14.7 Å². The van der Waals surface area contributed by atoms with Gasteiger partial charge >= 0.3 is 0 Å². The van der Waals surface area contributed by atoms with Crippen LogP contribution in [0.3, 0.4) is 0 Å². The number of carbonyl (C=O) groups is 1. The van der Waals surface area contributed by atoms with E-state index < -0.39 is 0 Å². The normalized spacial score (nSPS) is 10.9. The zero-order valence-electron chi connectivity index (χ0n) is 12.1. The van der Waals surface area contributed by atoms with Crippen molar-refractivity contribution in [2.24, 2.45) is 5.10 Å². The van der Waals surface area contributed by atoms with Crippen molar-refractivity contribution in [1.82, 2.24) is 5.01 Å². The largest absolute Gasteiger partial charge is 0.469 e. The van der Waals surface area contributed by atoms with E-state index in [1.165, 1.54) is 6.26 Å². The Balaban J connectivity index is 2.19. The van der Waals surface area contributed by atoms with Crippen molar-refractivity contribution < 1.29 is 9.21 Å². The van der Waals surface area contributed by atoms with Gasteiger partial charge in [0, 0.05) is 30.4 Å². The van der Waals surface area contributed by atoms with Gasteiger partial charge in [0.25, 0.3) is 5.91 Å². The fourth-order valence-corrected chi connectivity index (χ4v) is 1.88. The first-order valence-corrected chi connectivity index (χ1v) is 6.71. The smallest absolute Gasteiger partial charge is 0.259 e. The predicted molar refractivity (Wildman–Crippen MR) is 84.1 cm³/mol. The van der Waals surface area contributed by atoms with E-state index in [0.717, 1.165) is 5.56 Å². The maximum Gasteiger partial charge on any atom is 0.259 e. The van der Waals surface area contributed by atoms with Crippen molar-refractivity contribution >= 4 is 29.4 Å². The number of carbonyl (C=O) groups excluding carboxylic acids is 1. The number of hydrogen-bond acceptors (Lipinski definition) is 4. The fourth-order valence-electron chi connectivity index (χ4n) is 1.72. The lowest BCUT2D eigenvalue weighted by Gasteiger charge is -2.07. The third kappa shape index (κ3) is 3.86. The van der Waals surface area contributed by atoms with E-state index in [1.807, 2.05) is 14.1 Å². The molecule has 110 valence electrons. The Bertz CT molecular complexity index is 677. The van der Waals surface area contributed by atoms with Crippen LogP contribution >= 0.6 is 11.6 Å². The zero-order valence-corrected chi connectivity index (χ0v) is 12.8. The Kier molecular flexibility index (Phi) is 4.65. The number of amides is 1. The molecule has 0 spiro atoms. The van der Waals surface area contributed by atoms with Crippen LogP contribution in [-0.2, 0) is 0 Å². The van der Waals surface area contributed by atoms with Crippen molar-refractivity contribution in [1.29, 1.82) is 0 Å². The summed E-state index contributed by atoms with van der Waals surface area (Å²) >= 11 is 6.10. The quantitative estimate of drug-likeness (QED) is 0.696. The molecule has 0 saturated carbocycles. The van der Waals surface area contributed by atoms with Gasteiger partial charge in [-0.15, -0.1) is 0 Å². The minimum atomic E-state index is -0.223. The predicted octanol–water partition coefficient (Wildman–Crippen LogP) is 3.39. The molecular formula is C15H16ClN3O2. The molecule has 1 N–H and O–H groups in total. The van der Waals surface area contributed by atoms with Crippen LogP contribution in [0, 0.1) is 6.92 Å². The van der Waals surface area contributed by atoms with Crippen molar-refractivity contribution in [3.05, 3.63) is 52.4 Å². The molecule has 1 heterocycles. The van der Waals surface area contributed by atoms with Crippen LogP contribution in [0.1, 0.15) is 21.7 Å². The van der Waals surface area contributed by atoms with Gasteiger partial charge in [-0.25, -0.2) is 0 Å². The van der Waals surface area contributed by atoms with Crippen LogP contribution in [-0.4, -0.2) is 31.2 Å². The molecule has 0 atom stereocenters. The number of rotatable bonds is 4. The van der Waals surface area contributed by atoms with Gasteiger partial charge in [-0.3, -0.25) is 4.79 Å². The summed E-state index contributed by atoms with van der Waals surface area (Å²) in [6.07, 6.45) is 3.13. The molecule has 0 unspecified atom stereocenters. The van der Waals surface area contributed by atoms with E-state index in [2.05, 4.69) is 10.4 Å². The Morgan fingerprint density at radius 1 is 1.38 bits per heavy atom. The average molecular weight is 306 g/mol. The third-order valence-corrected chi connectivity index (χ3v) is 3.13. The van der Waals surface area contributed by atoms with Crippen LogP contribution in [0.15, 0.2) is 40.0 Å². The number of benzene rings is 1. The maximum atomic E-state index is 12.1. The second kappa shape index (κ2) is 6.45. The Hall–Kier alpha value is -2.27. The van der Waals surface area contributed by atoms with Gasteiger partial charge in [0.2, 0.25) is 0 Å². The third-order valence-electron chi connectivity index (χ3n) is 2.79. The van der Waals surface area contributed by atoms with Gasteiger partial charge in [-0.2, -0.15) is 5.10 Å². The number of nitrogens with one attached hydrogen (secondary N) is 1. The summed E-state index contributed by atoms with van der Waals surface area (Å²) in [6, 6.07) is 6.86. The highest BCUT2D eigenvalue weighted by atomic mass is 35.5. The van der Waals surface area contributed by atoms with Crippen LogP contribution in [0.5, 0.6) is 0 Å². The summed E-state index contributed by atoms with van der Waals surface area (Å²) < 4.78 is 5.12. The molecule has 0 aliphatic carbocycles. The lowest BCUT2D eigenvalue weighted by molar-refractivity contribution is 0.102. The number of furan rings is 1. The fraction of sp³-hybridized carbons (Fsp3) is 0.200. The van der Waals surface area contributed by atoms with E-state index in [9.17, 15) is 4.79 Å². The lowest BCUT2D eigenvalue weighted by atomic mass is 10.2. The average Bonchev–Trinajstić information content (AvgIpc) is 2.85. The molecule has 1 aromatic heterocycles. The second-order valence-electron chi connectivity index (χ2n) is 4.67. The lowest BCUT2D eigenvalue weighted by Crippen LogP contribution is -2.12. The SMILES string of the molecule is Cc1occc1C(=O)Nc1ccc(Cl)c(/C=N/N(C)C)c1. The summed E-state index contributed by atoms with van der Waals surface area (Å²) in [5.41, 5.74) is 1.88.